The molecule has 0 atom stereocenters. The van der Waals surface area contributed by atoms with Gasteiger partial charge in [-0.2, -0.15) is 0 Å². The van der Waals surface area contributed by atoms with Crippen LogP contribution in [-0.2, 0) is 13.8 Å². The standard InChI is InChI=1S/C13H19ClO4S/c1-9(2)17-5-6-18-13-10(3)7-12(8-11(13)4)19(14,15)16/h7-9H,5-6H2,1-4H3. The van der Waals surface area contributed by atoms with E-state index < -0.39 is 9.05 Å². The van der Waals surface area contributed by atoms with Gasteiger partial charge in [0.2, 0.25) is 0 Å². The molecule has 0 aromatic heterocycles. The minimum atomic E-state index is -3.71. The molecule has 0 unspecified atom stereocenters. The van der Waals surface area contributed by atoms with Crippen LogP contribution in [0, 0.1) is 13.8 Å². The third-order valence-electron chi connectivity index (χ3n) is 2.50. The fraction of sp³-hybridized carbons (Fsp3) is 0.538. The van der Waals surface area contributed by atoms with Gasteiger partial charge in [-0.25, -0.2) is 8.42 Å². The highest BCUT2D eigenvalue weighted by Crippen LogP contribution is 2.28. The summed E-state index contributed by atoms with van der Waals surface area (Å²) in [5.74, 6) is 0.677. The van der Waals surface area contributed by atoms with Gasteiger partial charge < -0.3 is 9.47 Å². The smallest absolute Gasteiger partial charge is 0.261 e. The number of rotatable bonds is 6. The highest BCUT2D eigenvalue weighted by molar-refractivity contribution is 8.13. The van der Waals surface area contributed by atoms with Gasteiger partial charge in [-0.1, -0.05) is 0 Å². The topological polar surface area (TPSA) is 52.6 Å². The monoisotopic (exact) mass is 306 g/mol. The summed E-state index contributed by atoms with van der Waals surface area (Å²) in [5, 5.41) is 0. The summed E-state index contributed by atoms with van der Waals surface area (Å²) in [7, 11) is 1.62. The van der Waals surface area contributed by atoms with E-state index >= 15 is 0 Å². The lowest BCUT2D eigenvalue weighted by Crippen LogP contribution is -2.12. The number of aryl methyl sites for hydroxylation is 2. The summed E-state index contributed by atoms with van der Waals surface area (Å²) in [4.78, 5) is 0.0925. The lowest BCUT2D eigenvalue weighted by Gasteiger charge is -2.14. The molecule has 4 nitrogen and oxygen atoms in total. The Morgan fingerprint density at radius 1 is 1.16 bits per heavy atom. The van der Waals surface area contributed by atoms with Crippen molar-refractivity contribution in [2.75, 3.05) is 13.2 Å². The van der Waals surface area contributed by atoms with Crippen molar-refractivity contribution in [2.45, 2.75) is 38.7 Å². The van der Waals surface area contributed by atoms with Gasteiger partial charge in [0.15, 0.2) is 0 Å². The largest absolute Gasteiger partial charge is 0.491 e. The van der Waals surface area contributed by atoms with Gasteiger partial charge in [-0.05, 0) is 51.0 Å². The summed E-state index contributed by atoms with van der Waals surface area (Å²) in [6.07, 6.45) is 0.162. The molecule has 0 bridgehead atoms. The Morgan fingerprint density at radius 2 is 1.68 bits per heavy atom. The van der Waals surface area contributed by atoms with Gasteiger partial charge >= 0.3 is 0 Å². The summed E-state index contributed by atoms with van der Waals surface area (Å²) < 4.78 is 33.6. The van der Waals surface area contributed by atoms with Crippen LogP contribution >= 0.6 is 10.7 Å². The lowest BCUT2D eigenvalue weighted by molar-refractivity contribution is 0.0550. The maximum atomic E-state index is 11.3. The summed E-state index contributed by atoms with van der Waals surface area (Å²) >= 11 is 0. The Hall–Kier alpha value is -0.780. The maximum absolute atomic E-state index is 11.3. The van der Waals surface area contributed by atoms with E-state index in [0.717, 1.165) is 11.1 Å². The molecular weight excluding hydrogens is 288 g/mol. The van der Waals surface area contributed by atoms with Crippen molar-refractivity contribution in [3.63, 3.8) is 0 Å². The lowest BCUT2D eigenvalue weighted by atomic mass is 10.1. The van der Waals surface area contributed by atoms with Gasteiger partial charge in [0.05, 0.1) is 17.6 Å². The van der Waals surface area contributed by atoms with Crippen LogP contribution in [-0.4, -0.2) is 27.7 Å². The Kier molecular flexibility index (Phi) is 5.64. The first-order chi connectivity index (χ1) is 8.71. The fourth-order valence-electron chi connectivity index (χ4n) is 1.71. The SMILES string of the molecule is Cc1cc(S(=O)(=O)Cl)cc(C)c1OCCOC(C)C. The molecule has 0 fully saturated rings. The van der Waals surface area contributed by atoms with E-state index in [0.29, 0.717) is 19.0 Å². The molecule has 1 aromatic rings. The predicted molar refractivity (Wildman–Crippen MR) is 75.5 cm³/mol. The second kappa shape index (κ2) is 6.59. The zero-order valence-electron chi connectivity index (χ0n) is 11.6. The van der Waals surface area contributed by atoms with Crippen molar-refractivity contribution >= 4 is 19.7 Å². The molecule has 108 valence electrons. The first-order valence-electron chi connectivity index (χ1n) is 6.02. The minimum absolute atomic E-state index is 0.0925. The van der Waals surface area contributed by atoms with Crippen LogP contribution in [0.3, 0.4) is 0 Å². The van der Waals surface area contributed by atoms with Crippen molar-refractivity contribution in [1.29, 1.82) is 0 Å². The van der Waals surface area contributed by atoms with E-state index in [4.69, 9.17) is 20.2 Å². The quantitative estimate of drug-likeness (QED) is 0.599. The van der Waals surface area contributed by atoms with E-state index in [-0.39, 0.29) is 11.0 Å². The molecule has 0 aliphatic rings. The molecule has 0 heterocycles. The number of hydrogen-bond donors (Lipinski definition) is 0. The van der Waals surface area contributed by atoms with Crippen LogP contribution in [0.1, 0.15) is 25.0 Å². The molecule has 0 radical (unpaired) electrons. The molecule has 6 heteroatoms. The molecule has 0 saturated heterocycles. The summed E-state index contributed by atoms with van der Waals surface area (Å²) in [6, 6.07) is 3.02. The minimum Gasteiger partial charge on any atom is -0.491 e. The van der Waals surface area contributed by atoms with E-state index in [9.17, 15) is 8.42 Å². The second-order valence-electron chi connectivity index (χ2n) is 4.59. The first kappa shape index (κ1) is 16.3. The van der Waals surface area contributed by atoms with Crippen LogP contribution in [0.25, 0.3) is 0 Å². The third-order valence-corrected chi connectivity index (χ3v) is 3.83. The Morgan fingerprint density at radius 3 is 2.11 bits per heavy atom. The molecule has 1 aromatic carbocycles. The van der Waals surface area contributed by atoms with Crippen LogP contribution in [0.2, 0.25) is 0 Å². The normalized spacial score (nSPS) is 11.9. The van der Waals surface area contributed by atoms with Crippen molar-refractivity contribution in [3.8, 4) is 5.75 Å². The van der Waals surface area contributed by atoms with Crippen molar-refractivity contribution in [2.24, 2.45) is 0 Å². The van der Waals surface area contributed by atoms with Gasteiger partial charge in [0, 0.05) is 10.7 Å². The van der Waals surface area contributed by atoms with Crippen LogP contribution in [0.4, 0.5) is 0 Å². The average molecular weight is 307 g/mol. The Bertz CT molecular complexity index is 515. The fourth-order valence-corrected chi connectivity index (χ4v) is 2.61. The molecule has 0 amide bonds. The van der Waals surface area contributed by atoms with Gasteiger partial charge in [0.1, 0.15) is 12.4 Å². The molecule has 0 aliphatic carbocycles. The van der Waals surface area contributed by atoms with Crippen molar-refractivity contribution < 1.29 is 17.9 Å². The first-order valence-corrected chi connectivity index (χ1v) is 8.33. The van der Waals surface area contributed by atoms with Crippen LogP contribution in [0.15, 0.2) is 17.0 Å². The second-order valence-corrected chi connectivity index (χ2v) is 7.16. The molecule has 0 saturated carbocycles. The number of benzene rings is 1. The van der Waals surface area contributed by atoms with E-state index in [2.05, 4.69) is 0 Å². The zero-order valence-corrected chi connectivity index (χ0v) is 13.1. The van der Waals surface area contributed by atoms with E-state index in [1.54, 1.807) is 13.8 Å². The van der Waals surface area contributed by atoms with Gasteiger partial charge in [0.25, 0.3) is 9.05 Å². The summed E-state index contributed by atoms with van der Waals surface area (Å²) in [6.45, 7) is 8.40. The summed E-state index contributed by atoms with van der Waals surface area (Å²) in [5.41, 5.74) is 1.48. The molecule has 19 heavy (non-hydrogen) atoms. The molecule has 0 spiro atoms. The molecule has 1 rings (SSSR count). The number of hydrogen-bond acceptors (Lipinski definition) is 4. The molecule has 0 aliphatic heterocycles. The maximum Gasteiger partial charge on any atom is 0.261 e. The van der Waals surface area contributed by atoms with Gasteiger partial charge in [-0.15, -0.1) is 0 Å². The van der Waals surface area contributed by atoms with Crippen LogP contribution < -0.4 is 4.74 Å². The van der Waals surface area contributed by atoms with Crippen LogP contribution in [0.5, 0.6) is 5.75 Å². The van der Waals surface area contributed by atoms with Gasteiger partial charge in [-0.3, -0.25) is 0 Å². The highest BCUT2D eigenvalue weighted by atomic mass is 35.7. The third kappa shape index (κ3) is 5.01. The Balaban J connectivity index is 2.81. The molecular formula is C13H19ClO4S. The zero-order chi connectivity index (χ0) is 14.6. The molecule has 0 N–H and O–H groups in total. The number of ether oxygens (including phenoxy) is 2. The van der Waals surface area contributed by atoms with E-state index in [1.165, 1.54) is 12.1 Å². The Labute approximate surface area is 119 Å². The number of halogens is 1. The van der Waals surface area contributed by atoms with Crippen molar-refractivity contribution in [1.82, 2.24) is 0 Å². The van der Waals surface area contributed by atoms with E-state index in [1.807, 2.05) is 13.8 Å². The van der Waals surface area contributed by atoms with Crippen molar-refractivity contribution in [3.05, 3.63) is 23.3 Å². The predicted octanol–water partition coefficient (Wildman–Crippen LogP) is 3.03. The average Bonchev–Trinajstić information content (AvgIpc) is 2.25. The highest BCUT2D eigenvalue weighted by Gasteiger charge is 2.14.